The number of halogens is 1. The van der Waals surface area contributed by atoms with E-state index < -0.39 is 11.0 Å². The minimum atomic E-state index is -0.820. The van der Waals surface area contributed by atoms with E-state index in [4.69, 9.17) is 11.6 Å². The number of aliphatic hydroxyl groups excluding tert-OH is 1. The van der Waals surface area contributed by atoms with Gasteiger partial charge in [0, 0.05) is 37.6 Å². The van der Waals surface area contributed by atoms with Gasteiger partial charge in [-0.2, -0.15) is 0 Å². The molecule has 1 N–H and O–H groups in total. The maximum absolute atomic E-state index is 11.1. The van der Waals surface area contributed by atoms with Crippen LogP contribution in [-0.2, 0) is 0 Å². The van der Waals surface area contributed by atoms with Crippen LogP contribution in [0.5, 0.6) is 0 Å². The lowest BCUT2D eigenvalue weighted by Gasteiger charge is -2.23. The Labute approximate surface area is 126 Å². The maximum atomic E-state index is 11.1. The van der Waals surface area contributed by atoms with Crippen molar-refractivity contribution < 1.29 is 10.0 Å². The predicted molar refractivity (Wildman–Crippen MR) is 80.6 cm³/mol. The van der Waals surface area contributed by atoms with Gasteiger partial charge in [-0.15, -0.1) is 0 Å². The topological polar surface area (TPSA) is 79.5 Å². The van der Waals surface area contributed by atoms with E-state index in [0.29, 0.717) is 5.56 Å². The van der Waals surface area contributed by atoms with Crippen LogP contribution in [0.2, 0.25) is 5.02 Å². The molecule has 1 aromatic heterocycles. The third kappa shape index (κ3) is 3.48. The molecule has 1 aromatic carbocycles. The normalized spacial score (nSPS) is 12.0. The first-order valence-electron chi connectivity index (χ1n) is 6.22. The van der Waals surface area contributed by atoms with Crippen molar-refractivity contribution in [2.45, 2.75) is 6.10 Å². The van der Waals surface area contributed by atoms with E-state index in [0.717, 1.165) is 0 Å². The van der Waals surface area contributed by atoms with Crippen LogP contribution in [0, 0.1) is 10.1 Å². The van der Waals surface area contributed by atoms with Gasteiger partial charge < -0.3 is 10.0 Å². The zero-order valence-corrected chi connectivity index (χ0v) is 12.1. The van der Waals surface area contributed by atoms with Crippen molar-refractivity contribution in [2.75, 3.05) is 18.5 Å². The summed E-state index contributed by atoms with van der Waals surface area (Å²) in [5.41, 5.74) is 0.828. The number of benzene rings is 1. The van der Waals surface area contributed by atoms with Gasteiger partial charge in [-0.25, -0.2) is 0 Å². The van der Waals surface area contributed by atoms with Crippen molar-refractivity contribution >= 4 is 23.0 Å². The number of aromatic nitrogens is 1. The Bertz CT molecular complexity index is 637. The SMILES string of the molecule is CN(CC(O)c1cccnc1)c1c(Cl)cccc1[N+](=O)[O-]. The first kappa shape index (κ1) is 15.2. The van der Waals surface area contributed by atoms with Crippen LogP contribution >= 0.6 is 11.6 Å². The van der Waals surface area contributed by atoms with Gasteiger partial charge in [0.05, 0.1) is 16.0 Å². The van der Waals surface area contributed by atoms with E-state index in [1.165, 1.54) is 12.1 Å². The zero-order valence-electron chi connectivity index (χ0n) is 11.3. The lowest BCUT2D eigenvalue weighted by atomic mass is 10.1. The number of likely N-dealkylation sites (N-methyl/N-ethyl adjacent to an activating group) is 1. The molecule has 0 aliphatic rings. The van der Waals surface area contributed by atoms with Crippen molar-refractivity contribution in [2.24, 2.45) is 0 Å². The van der Waals surface area contributed by atoms with Gasteiger partial charge in [0.15, 0.2) is 0 Å². The van der Waals surface area contributed by atoms with E-state index in [9.17, 15) is 15.2 Å². The Morgan fingerprint density at radius 1 is 1.43 bits per heavy atom. The molecule has 1 unspecified atom stereocenters. The van der Waals surface area contributed by atoms with Crippen molar-refractivity contribution in [3.8, 4) is 0 Å². The molecular formula is C14H14ClN3O3. The van der Waals surface area contributed by atoms with E-state index >= 15 is 0 Å². The van der Waals surface area contributed by atoms with Crippen molar-refractivity contribution in [3.05, 3.63) is 63.4 Å². The second-order valence-electron chi connectivity index (χ2n) is 4.55. The van der Waals surface area contributed by atoms with Gasteiger partial charge in [-0.05, 0) is 12.1 Å². The van der Waals surface area contributed by atoms with Gasteiger partial charge in [-0.1, -0.05) is 23.7 Å². The Morgan fingerprint density at radius 2 is 2.19 bits per heavy atom. The summed E-state index contributed by atoms with van der Waals surface area (Å²) in [6.07, 6.45) is 2.35. The molecule has 0 aliphatic carbocycles. The van der Waals surface area contributed by atoms with E-state index in [1.54, 1.807) is 42.5 Å². The highest BCUT2D eigenvalue weighted by molar-refractivity contribution is 6.33. The Balaban J connectivity index is 2.25. The number of para-hydroxylation sites is 1. The fraction of sp³-hybridized carbons (Fsp3) is 0.214. The van der Waals surface area contributed by atoms with Crippen LogP contribution < -0.4 is 4.90 Å². The van der Waals surface area contributed by atoms with Crippen LogP contribution in [0.15, 0.2) is 42.7 Å². The molecule has 2 rings (SSSR count). The molecule has 0 radical (unpaired) electrons. The summed E-state index contributed by atoms with van der Waals surface area (Å²) in [4.78, 5) is 16.1. The molecule has 2 aromatic rings. The summed E-state index contributed by atoms with van der Waals surface area (Å²) in [5, 5.41) is 21.5. The molecule has 1 heterocycles. The van der Waals surface area contributed by atoms with Crippen molar-refractivity contribution in [3.63, 3.8) is 0 Å². The number of nitrogens with zero attached hydrogens (tertiary/aromatic N) is 3. The second-order valence-corrected chi connectivity index (χ2v) is 4.95. The highest BCUT2D eigenvalue weighted by Gasteiger charge is 2.22. The maximum Gasteiger partial charge on any atom is 0.294 e. The number of hydrogen-bond donors (Lipinski definition) is 1. The first-order valence-corrected chi connectivity index (χ1v) is 6.60. The average Bonchev–Trinajstić information content (AvgIpc) is 2.47. The van der Waals surface area contributed by atoms with Gasteiger partial charge >= 0.3 is 0 Å². The molecule has 0 fully saturated rings. The molecule has 0 saturated heterocycles. The van der Waals surface area contributed by atoms with Crippen LogP contribution in [0.1, 0.15) is 11.7 Å². The summed E-state index contributed by atoms with van der Waals surface area (Å²) < 4.78 is 0. The molecule has 0 aliphatic heterocycles. The number of rotatable bonds is 5. The van der Waals surface area contributed by atoms with Crippen molar-refractivity contribution in [1.29, 1.82) is 0 Å². The Hall–Kier alpha value is -2.18. The molecule has 7 heteroatoms. The summed E-state index contributed by atoms with van der Waals surface area (Å²) in [7, 11) is 1.65. The lowest BCUT2D eigenvalue weighted by Crippen LogP contribution is -2.25. The molecular weight excluding hydrogens is 294 g/mol. The van der Waals surface area contributed by atoms with Gasteiger partial charge in [0.2, 0.25) is 0 Å². The first-order chi connectivity index (χ1) is 10.0. The lowest BCUT2D eigenvalue weighted by molar-refractivity contribution is -0.384. The summed E-state index contributed by atoms with van der Waals surface area (Å²) in [6.45, 7) is 0.163. The van der Waals surface area contributed by atoms with Gasteiger partial charge in [0.25, 0.3) is 5.69 Å². The fourth-order valence-corrected chi connectivity index (χ4v) is 2.37. The molecule has 0 bridgehead atoms. The highest BCUT2D eigenvalue weighted by atomic mass is 35.5. The number of nitro benzene ring substituents is 1. The van der Waals surface area contributed by atoms with Crippen LogP contribution in [0.3, 0.4) is 0 Å². The van der Waals surface area contributed by atoms with Crippen LogP contribution in [0.25, 0.3) is 0 Å². The molecule has 0 amide bonds. The quantitative estimate of drug-likeness (QED) is 0.678. The molecule has 0 saturated carbocycles. The molecule has 110 valence electrons. The van der Waals surface area contributed by atoms with E-state index in [-0.39, 0.29) is 22.9 Å². The Kier molecular flexibility index (Phi) is 4.72. The van der Waals surface area contributed by atoms with Crippen molar-refractivity contribution in [1.82, 2.24) is 4.98 Å². The number of pyridine rings is 1. The average molecular weight is 308 g/mol. The molecule has 0 spiro atoms. The summed E-state index contributed by atoms with van der Waals surface area (Å²) >= 11 is 6.06. The minimum Gasteiger partial charge on any atom is -0.387 e. The molecule has 6 nitrogen and oxygen atoms in total. The molecule has 1 atom stereocenters. The number of aliphatic hydroxyl groups is 1. The number of hydrogen-bond acceptors (Lipinski definition) is 5. The van der Waals surface area contributed by atoms with Gasteiger partial charge in [-0.3, -0.25) is 15.1 Å². The summed E-state index contributed by atoms with van der Waals surface area (Å²) in [5.74, 6) is 0. The monoisotopic (exact) mass is 307 g/mol. The van der Waals surface area contributed by atoms with Crippen LogP contribution in [0.4, 0.5) is 11.4 Å². The zero-order chi connectivity index (χ0) is 15.4. The molecule has 21 heavy (non-hydrogen) atoms. The minimum absolute atomic E-state index is 0.0941. The third-order valence-corrected chi connectivity index (χ3v) is 3.36. The van der Waals surface area contributed by atoms with E-state index in [2.05, 4.69) is 4.98 Å². The third-order valence-electron chi connectivity index (χ3n) is 3.06. The largest absolute Gasteiger partial charge is 0.387 e. The second kappa shape index (κ2) is 6.51. The number of nitro groups is 1. The van der Waals surface area contributed by atoms with E-state index in [1.807, 2.05) is 0 Å². The summed E-state index contributed by atoms with van der Waals surface area (Å²) in [6, 6.07) is 7.95. The number of anilines is 1. The smallest absolute Gasteiger partial charge is 0.294 e. The fourth-order valence-electron chi connectivity index (χ4n) is 2.06. The highest BCUT2D eigenvalue weighted by Crippen LogP contribution is 2.35. The van der Waals surface area contributed by atoms with Crippen LogP contribution in [-0.4, -0.2) is 28.6 Å². The predicted octanol–water partition coefficient (Wildman–Crippen LogP) is 2.81. The standard InChI is InChI=1S/C14H14ClN3O3/c1-17(9-13(19)10-4-3-7-16-8-10)14-11(15)5-2-6-12(14)18(20)21/h2-8,13,19H,9H2,1H3. The van der Waals surface area contributed by atoms with Gasteiger partial charge in [0.1, 0.15) is 5.69 Å². The Morgan fingerprint density at radius 3 is 2.81 bits per heavy atom.